The van der Waals surface area contributed by atoms with E-state index in [1.807, 2.05) is 0 Å². The van der Waals surface area contributed by atoms with Gasteiger partial charge in [-0.25, -0.2) is 15.2 Å². The van der Waals surface area contributed by atoms with Crippen molar-refractivity contribution >= 4 is 23.1 Å². The molecule has 2 atom stereocenters. The molecule has 16 heteroatoms. The van der Waals surface area contributed by atoms with Crippen molar-refractivity contribution in [2.24, 2.45) is 29.8 Å². The number of amides is 1. The third-order valence-corrected chi connectivity index (χ3v) is 8.45. The highest BCUT2D eigenvalue weighted by Gasteiger charge is 2.65. The van der Waals surface area contributed by atoms with Crippen LogP contribution in [0, 0.1) is 11.7 Å². The first-order valence-corrected chi connectivity index (χ1v) is 14.1. The van der Waals surface area contributed by atoms with Crippen molar-refractivity contribution in [1.82, 2.24) is 25.1 Å². The number of aromatic nitrogens is 3. The Hall–Kier alpha value is -4.96. The Balaban J connectivity index is 1.45. The van der Waals surface area contributed by atoms with Crippen molar-refractivity contribution in [2.45, 2.75) is 30.2 Å². The summed E-state index contributed by atoms with van der Waals surface area (Å²) < 4.78 is 71.3. The van der Waals surface area contributed by atoms with Gasteiger partial charge in [-0.05, 0) is 61.2 Å². The molecule has 2 aromatic carbocycles. The fraction of sp³-hybridized carbons (Fsp3) is 0.333. The molecular formula is C30H30F4N8O4. The SMILES string of the molecule is COc1cc(C(=O)NC[C@](O)(c2cc3c(c(-c4ccc(F)cc4)n2)OC[C@@]3(N(N)/C=N\N)C(F)(F)F)C2CC2)cc2cn(C)nc12. The largest absolute Gasteiger partial charge is 0.494 e. The number of hydrazone groups is 1. The highest BCUT2D eigenvalue weighted by atomic mass is 19.4. The van der Waals surface area contributed by atoms with Crippen LogP contribution in [0.25, 0.3) is 22.2 Å². The molecule has 2 aromatic heterocycles. The molecule has 1 amide bonds. The first kappa shape index (κ1) is 31.0. The zero-order chi connectivity index (χ0) is 33.0. The molecule has 46 heavy (non-hydrogen) atoms. The number of benzene rings is 2. The van der Waals surface area contributed by atoms with Crippen LogP contribution in [0.3, 0.4) is 0 Å². The molecule has 1 fully saturated rings. The summed E-state index contributed by atoms with van der Waals surface area (Å²) in [5.74, 6) is 9.57. The number of aryl methyl sites for hydroxylation is 1. The zero-order valence-electron chi connectivity index (χ0n) is 24.7. The lowest BCUT2D eigenvalue weighted by Crippen LogP contribution is -2.60. The maximum Gasteiger partial charge on any atom is 0.420 e. The number of aliphatic hydroxyl groups is 1. The molecule has 2 aliphatic rings. The molecule has 6 rings (SSSR count). The maximum atomic E-state index is 15.0. The van der Waals surface area contributed by atoms with Crippen LogP contribution < -0.4 is 26.5 Å². The first-order valence-electron chi connectivity index (χ1n) is 14.1. The molecule has 12 nitrogen and oxygen atoms in total. The van der Waals surface area contributed by atoms with Crippen LogP contribution in [0.5, 0.6) is 11.5 Å². The molecular weight excluding hydrogens is 612 g/mol. The quantitative estimate of drug-likeness (QED) is 0.0706. The molecule has 0 bridgehead atoms. The van der Waals surface area contributed by atoms with E-state index < -0.39 is 53.7 Å². The van der Waals surface area contributed by atoms with Crippen molar-refractivity contribution in [3.05, 3.63) is 71.3 Å². The summed E-state index contributed by atoms with van der Waals surface area (Å²) in [6.45, 7) is -1.38. The average Bonchev–Trinajstić information content (AvgIpc) is 3.69. The monoisotopic (exact) mass is 642 g/mol. The predicted molar refractivity (Wildman–Crippen MR) is 158 cm³/mol. The van der Waals surface area contributed by atoms with Gasteiger partial charge in [0.05, 0.1) is 19.3 Å². The summed E-state index contributed by atoms with van der Waals surface area (Å²) in [4.78, 5) is 18.0. The van der Waals surface area contributed by atoms with E-state index >= 15 is 0 Å². The number of methoxy groups -OCH3 is 1. The van der Waals surface area contributed by atoms with Crippen LogP contribution in [0.4, 0.5) is 17.6 Å². The molecule has 6 N–H and O–H groups in total. The van der Waals surface area contributed by atoms with E-state index in [0.717, 1.165) is 18.2 Å². The molecule has 4 aromatic rings. The normalized spacial score (nSPS) is 19.1. The molecule has 1 aliphatic carbocycles. The second kappa shape index (κ2) is 11.1. The Kier molecular flexibility index (Phi) is 7.51. The van der Waals surface area contributed by atoms with Gasteiger partial charge in [0.2, 0.25) is 5.54 Å². The number of nitrogens with two attached hydrogens (primary N) is 2. The Morgan fingerprint density at radius 2 is 2.00 bits per heavy atom. The number of halogens is 4. The number of pyridine rings is 1. The van der Waals surface area contributed by atoms with E-state index in [4.69, 9.17) is 21.2 Å². The summed E-state index contributed by atoms with van der Waals surface area (Å²) in [5, 5.41) is 23.3. The van der Waals surface area contributed by atoms with Crippen molar-refractivity contribution in [2.75, 3.05) is 20.3 Å². The van der Waals surface area contributed by atoms with Gasteiger partial charge in [-0.2, -0.15) is 23.4 Å². The van der Waals surface area contributed by atoms with Crippen LogP contribution in [0.1, 0.15) is 34.5 Å². The van der Waals surface area contributed by atoms with E-state index in [9.17, 15) is 27.5 Å². The number of fused-ring (bicyclic) bond motifs is 2. The van der Waals surface area contributed by atoms with Crippen LogP contribution in [-0.4, -0.2) is 63.6 Å². The van der Waals surface area contributed by atoms with Gasteiger partial charge in [-0.3, -0.25) is 14.5 Å². The maximum absolute atomic E-state index is 15.0. The van der Waals surface area contributed by atoms with E-state index in [-0.39, 0.29) is 28.3 Å². The number of carbonyl (C=O) groups excluding carboxylic acids is 1. The van der Waals surface area contributed by atoms with Crippen LogP contribution >= 0.6 is 0 Å². The summed E-state index contributed by atoms with van der Waals surface area (Å²) in [6.07, 6.45) is -1.65. The van der Waals surface area contributed by atoms with E-state index in [0.29, 0.717) is 40.8 Å². The Bertz CT molecular complexity index is 1840. The Morgan fingerprint density at radius 1 is 1.28 bits per heavy atom. The molecule has 0 spiro atoms. The number of rotatable bonds is 9. The second-order valence-corrected chi connectivity index (χ2v) is 11.4. The van der Waals surface area contributed by atoms with Gasteiger partial charge < -0.3 is 25.7 Å². The van der Waals surface area contributed by atoms with Gasteiger partial charge in [0.1, 0.15) is 41.3 Å². The number of hydrogen-bond acceptors (Lipinski definition) is 9. The molecule has 1 aliphatic heterocycles. The Morgan fingerprint density at radius 3 is 2.63 bits per heavy atom. The van der Waals surface area contributed by atoms with E-state index in [1.165, 1.54) is 25.3 Å². The summed E-state index contributed by atoms with van der Waals surface area (Å²) in [6, 6.07) is 9.12. The van der Waals surface area contributed by atoms with E-state index in [2.05, 4.69) is 20.5 Å². The molecule has 0 unspecified atom stereocenters. The van der Waals surface area contributed by atoms with Crippen molar-refractivity contribution in [3.63, 3.8) is 0 Å². The van der Waals surface area contributed by atoms with Gasteiger partial charge in [0.15, 0.2) is 5.75 Å². The van der Waals surface area contributed by atoms with Crippen molar-refractivity contribution in [3.8, 4) is 22.8 Å². The van der Waals surface area contributed by atoms with Gasteiger partial charge in [0, 0.05) is 35.3 Å². The Labute approximate surface area is 259 Å². The number of hydrogen-bond donors (Lipinski definition) is 4. The highest BCUT2D eigenvalue weighted by molar-refractivity contribution is 5.99. The second-order valence-electron chi connectivity index (χ2n) is 11.4. The predicted octanol–water partition coefficient (Wildman–Crippen LogP) is 3.04. The molecule has 3 heterocycles. The average molecular weight is 643 g/mol. The minimum absolute atomic E-state index is 0.0751. The third-order valence-electron chi connectivity index (χ3n) is 8.45. The van der Waals surface area contributed by atoms with Crippen LogP contribution in [-0.2, 0) is 18.2 Å². The van der Waals surface area contributed by atoms with Gasteiger partial charge in [0.25, 0.3) is 5.91 Å². The summed E-state index contributed by atoms with van der Waals surface area (Å²) in [7, 11) is 3.17. The van der Waals surface area contributed by atoms with E-state index in [1.54, 1.807) is 24.0 Å². The smallest absolute Gasteiger partial charge is 0.420 e. The minimum Gasteiger partial charge on any atom is -0.494 e. The number of hydrazine groups is 1. The standard InChI is InChI=1S/C30H30F4N8O4/c1-41-12-18-9-17(10-22(45-2)24(18)40-41)27(43)37-13-28(44,19-5-6-19)23-11-21-26(25(39-23)16-3-7-20(31)8-4-16)46-14-29(21,30(32,33)34)42(36)15-38-35/h3-4,7-12,15,19,44H,5-6,13-14,35-36H2,1-2H3,(H,37,43)/b38-15-/t28-,29+/m1/s1. The van der Waals surface area contributed by atoms with Crippen molar-refractivity contribution in [1.29, 1.82) is 0 Å². The summed E-state index contributed by atoms with van der Waals surface area (Å²) >= 11 is 0. The molecule has 242 valence electrons. The highest BCUT2D eigenvalue weighted by Crippen LogP contribution is 2.54. The molecule has 0 saturated heterocycles. The third kappa shape index (κ3) is 5.02. The lowest BCUT2D eigenvalue weighted by molar-refractivity contribution is -0.227. The summed E-state index contributed by atoms with van der Waals surface area (Å²) in [5.41, 5.74) is -4.58. The van der Waals surface area contributed by atoms with Gasteiger partial charge in [-0.15, -0.1) is 0 Å². The van der Waals surface area contributed by atoms with Crippen LogP contribution in [0.15, 0.2) is 53.8 Å². The molecule has 1 saturated carbocycles. The minimum atomic E-state index is -5.03. The van der Waals surface area contributed by atoms with Crippen LogP contribution in [0.2, 0.25) is 0 Å². The number of nitrogens with one attached hydrogen (secondary N) is 1. The fourth-order valence-electron chi connectivity index (χ4n) is 5.86. The lowest BCUT2D eigenvalue weighted by atomic mass is 9.85. The zero-order valence-corrected chi connectivity index (χ0v) is 24.7. The topological polar surface area (TPSA) is 166 Å². The first-order chi connectivity index (χ1) is 21.8. The number of alkyl halides is 3. The molecule has 0 radical (unpaired) electrons. The van der Waals surface area contributed by atoms with Gasteiger partial charge >= 0.3 is 6.18 Å². The van der Waals surface area contributed by atoms with Crippen molar-refractivity contribution < 1.29 is 36.9 Å². The number of carbonyl (C=O) groups is 1. The fourth-order valence-corrected chi connectivity index (χ4v) is 5.86. The number of nitrogens with zero attached hydrogens (tertiary/aromatic N) is 5. The lowest BCUT2D eigenvalue weighted by Gasteiger charge is -2.37. The number of ether oxygens (including phenoxy) is 2. The van der Waals surface area contributed by atoms with Gasteiger partial charge in [-0.1, -0.05) is 0 Å².